The Bertz CT molecular complexity index is 633. The number of amides is 2. The van der Waals surface area contributed by atoms with Gasteiger partial charge in [0.25, 0.3) is 0 Å². The van der Waals surface area contributed by atoms with Crippen LogP contribution in [0.4, 0.5) is 5.82 Å². The Hall–Kier alpha value is -2.44. The molecule has 1 fully saturated rings. The number of nitrogens with one attached hydrogen (secondary N) is 1. The number of rotatable bonds is 3. The fraction of sp³-hybridized carbons (Fsp3) is 0.429. The van der Waals surface area contributed by atoms with Crippen molar-refractivity contribution in [2.24, 2.45) is 0 Å². The van der Waals surface area contributed by atoms with Crippen molar-refractivity contribution in [3.05, 3.63) is 24.5 Å². The molecule has 1 saturated heterocycles. The number of carbonyl (C=O) groups excluding carboxylic acids is 2. The van der Waals surface area contributed by atoms with Gasteiger partial charge < -0.3 is 10.2 Å². The molecule has 3 heterocycles. The molecule has 7 nitrogen and oxygen atoms in total. The van der Waals surface area contributed by atoms with E-state index in [-0.39, 0.29) is 18.4 Å². The monoisotopic (exact) mass is 287 g/mol. The molecule has 2 amide bonds. The fourth-order valence-corrected chi connectivity index (χ4v) is 2.45. The number of hydrogen-bond acceptors (Lipinski definition) is 4. The summed E-state index contributed by atoms with van der Waals surface area (Å²) in [4.78, 5) is 29.8. The maximum absolute atomic E-state index is 12.0. The van der Waals surface area contributed by atoms with Gasteiger partial charge in [-0.25, -0.2) is 9.50 Å². The molecule has 0 aromatic carbocycles. The van der Waals surface area contributed by atoms with Gasteiger partial charge in [-0.15, -0.1) is 0 Å². The number of aromatic nitrogens is 3. The summed E-state index contributed by atoms with van der Waals surface area (Å²) in [6, 6.07) is 3.59. The van der Waals surface area contributed by atoms with E-state index in [0.717, 1.165) is 19.3 Å². The lowest BCUT2D eigenvalue weighted by molar-refractivity contribution is -0.134. The maximum atomic E-state index is 12.0. The lowest BCUT2D eigenvalue weighted by Crippen LogP contribution is -2.37. The predicted molar refractivity (Wildman–Crippen MR) is 76.7 cm³/mol. The minimum absolute atomic E-state index is 0.0549. The Morgan fingerprint density at radius 3 is 3.10 bits per heavy atom. The highest BCUT2D eigenvalue weighted by molar-refractivity contribution is 5.94. The first-order chi connectivity index (χ1) is 10.2. The molecule has 1 aliphatic heterocycles. The molecule has 2 aromatic rings. The summed E-state index contributed by atoms with van der Waals surface area (Å²) in [5, 5.41) is 6.80. The van der Waals surface area contributed by atoms with Crippen molar-refractivity contribution < 1.29 is 9.59 Å². The third-order valence-electron chi connectivity index (χ3n) is 3.51. The van der Waals surface area contributed by atoms with Gasteiger partial charge >= 0.3 is 0 Å². The van der Waals surface area contributed by atoms with Crippen LogP contribution in [-0.2, 0) is 9.59 Å². The summed E-state index contributed by atoms with van der Waals surface area (Å²) in [6.45, 7) is 0.735. The van der Waals surface area contributed by atoms with Crippen molar-refractivity contribution >= 4 is 23.3 Å². The Labute approximate surface area is 122 Å². The van der Waals surface area contributed by atoms with E-state index < -0.39 is 0 Å². The Kier molecular flexibility index (Phi) is 3.81. The number of carbonyl (C=O) groups is 2. The molecule has 3 rings (SSSR count). The minimum Gasteiger partial charge on any atom is -0.333 e. The molecule has 1 aliphatic rings. The van der Waals surface area contributed by atoms with E-state index in [4.69, 9.17) is 0 Å². The lowest BCUT2D eigenvalue weighted by atomic mass is 10.2. The normalized spacial score (nSPS) is 16.0. The molecule has 0 saturated carbocycles. The molecule has 1 N–H and O–H groups in total. The number of imidazole rings is 1. The van der Waals surface area contributed by atoms with E-state index in [1.54, 1.807) is 33.9 Å². The average molecular weight is 287 g/mol. The molecule has 0 bridgehead atoms. The maximum Gasteiger partial charge on any atom is 0.245 e. The SMILES string of the molecule is O=C(CN1CCCCCC1=O)Nc1cn2ncccc2n1. The highest BCUT2D eigenvalue weighted by atomic mass is 16.2. The van der Waals surface area contributed by atoms with Gasteiger partial charge in [0.15, 0.2) is 11.5 Å². The standard InChI is InChI=1S/C14H17N5O2/c20-13(10-18-8-3-1-2-6-14(18)21)17-11-9-19-12(16-11)5-4-7-15-19/h4-5,7,9H,1-3,6,8,10H2,(H,17,20). The van der Waals surface area contributed by atoms with Gasteiger partial charge in [-0.05, 0) is 25.0 Å². The van der Waals surface area contributed by atoms with Crippen LogP contribution in [0.25, 0.3) is 5.65 Å². The second-order valence-corrected chi connectivity index (χ2v) is 5.13. The number of likely N-dealkylation sites (tertiary alicyclic amines) is 1. The highest BCUT2D eigenvalue weighted by Crippen LogP contribution is 2.12. The molecule has 0 atom stereocenters. The predicted octanol–water partition coefficient (Wildman–Crippen LogP) is 1.07. The van der Waals surface area contributed by atoms with Crippen LogP contribution in [0, 0.1) is 0 Å². The van der Waals surface area contributed by atoms with Crippen molar-refractivity contribution in [3.63, 3.8) is 0 Å². The van der Waals surface area contributed by atoms with Gasteiger partial charge in [0.1, 0.15) is 0 Å². The van der Waals surface area contributed by atoms with Crippen molar-refractivity contribution in [1.29, 1.82) is 0 Å². The van der Waals surface area contributed by atoms with Crippen molar-refractivity contribution in [2.75, 3.05) is 18.4 Å². The van der Waals surface area contributed by atoms with Gasteiger partial charge in [0, 0.05) is 19.2 Å². The van der Waals surface area contributed by atoms with Gasteiger partial charge in [0.05, 0.1) is 12.7 Å². The minimum atomic E-state index is -0.228. The van der Waals surface area contributed by atoms with E-state index in [2.05, 4.69) is 15.4 Å². The number of fused-ring (bicyclic) bond motifs is 1. The quantitative estimate of drug-likeness (QED) is 0.915. The Morgan fingerprint density at radius 1 is 1.33 bits per heavy atom. The van der Waals surface area contributed by atoms with Gasteiger partial charge in [-0.1, -0.05) is 6.42 Å². The fourth-order valence-electron chi connectivity index (χ4n) is 2.45. The van der Waals surface area contributed by atoms with Crippen molar-refractivity contribution in [3.8, 4) is 0 Å². The second kappa shape index (κ2) is 5.90. The van der Waals surface area contributed by atoms with E-state index in [0.29, 0.717) is 24.4 Å². The molecule has 0 unspecified atom stereocenters. The van der Waals surface area contributed by atoms with Crippen LogP contribution in [0.5, 0.6) is 0 Å². The zero-order chi connectivity index (χ0) is 14.7. The van der Waals surface area contributed by atoms with Crippen LogP contribution in [0.15, 0.2) is 24.5 Å². The van der Waals surface area contributed by atoms with Crippen LogP contribution in [0.3, 0.4) is 0 Å². The Morgan fingerprint density at radius 2 is 2.24 bits per heavy atom. The summed E-state index contributed by atoms with van der Waals surface area (Å²) in [7, 11) is 0. The number of anilines is 1. The number of nitrogens with zero attached hydrogens (tertiary/aromatic N) is 4. The van der Waals surface area contributed by atoms with Crippen LogP contribution < -0.4 is 5.32 Å². The molecule has 2 aromatic heterocycles. The topological polar surface area (TPSA) is 79.6 Å². The van der Waals surface area contributed by atoms with E-state index in [9.17, 15) is 9.59 Å². The zero-order valence-corrected chi connectivity index (χ0v) is 11.7. The van der Waals surface area contributed by atoms with Crippen LogP contribution in [-0.4, -0.2) is 44.4 Å². The smallest absolute Gasteiger partial charge is 0.245 e. The molecule has 0 radical (unpaired) electrons. The summed E-state index contributed by atoms with van der Waals surface area (Å²) in [5.41, 5.74) is 0.665. The molecular weight excluding hydrogens is 270 g/mol. The summed E-state index contributed by atoms with van der Waals surface area (Å²) in [6.07, 6.45) is 6.74. The first-order valence-corrected chi connectivity index (χ1v) is 7.10. The highest BCUT2D eigenvalue weighted by Gasteiger charge is 2.19. The first kappa shape index (κ1) is 13.5. The lowest BCUT2D eigenvalue weighted by Gasteiger charge is -2.19. The van der Waals surface area contributed by atoms with Crippen LogP contribution in [0.1, 0.15) is 25.7 Å². The Balaban J connectivity index is 1.64. The zero-order valence-electron chi connectivity index (χ0n) is 11.7. The molecule has 110 valence electrons. The summed E-state index contributed by atoms with van der Waals surface area (Å²) < 4.78 is 1.59. The third kappa shape index (κ3) is 3.18. The van der Waals surface area contributed by atoms with Gasteiger partial charge in [-0.3, -0.25) is 9.59 Å². The van der Waals surface area contributed by atoms with Crippen molar-refractivity contribution in [2.45, 2.75) is 25.7 Å². The van der Waals surface area contributed by atoms with E-state index in [1.165, 1.54) is 0 Å². The summed E-state index contributed by atoms with van der Waals surface area (Å²) >= 11 is 0. The van der Waals surface area contributed by atoms with Gasteiger partial charge in [-0.2, -0.15) is 5.10 Å². The molecular formula is C14H17N5O2. The van der Waals surface area contributed by atoms with Gasteiger partial charge in [0.2, 0.25) is 11.8 Å². The second-order valence-electron chi connectivity index (χ2n) is 5.13. The van der Waals surface area contributed by atoms with Crippen LogP contribution in [0.2, 0.25) is 0 Å². The largest absolute Gasteiger partial charge is 0.333 e. The van der Waals surface area contributed by atoms with Crippen molar-refractivity contribution in [1.82, 2.24) is 19.5 Å². The molecule has 7 heteroatoms. The number of hydrogen-bond donors (Lipinski definition) is 1. The third-order valence-corrected chi connectivity index (χ3v) is 3.51. The average Bonchev–Trinajstić information content (AvgIpc) is 2.76. The summed E-state index contributed by atoms with van der Waals surface area (Å²) in [5.74, 6) is 0.272. The van der Waals surface area contributed by atoms with Crippen LogP contribution >= 0.6 is 0 Å². The first-order valence-electron chi connectivity index (χ1n) is 7.10. The van der Waals surface area contributed by atoms with E-state index in [1.807, 2.05) is 0 Å². The molecule has 21 heavy (non-hydrogen) atoms. The van der Waals surface area contributed by atoms with E-state index >= 15 is 0 Å². The molecule has 0 spiro atoms. The molecule has 0 aliphatic carbocycles.